The van der Waals surface area contributed by atoms with Crippen molar-refractivity contribution in [3.05, 3.63) is 18.0 Å². The second kappa shape index (κ2) is 4.92. The normalized spacial score (nSPS) is 16.1. The van der Waals surface area contributed by atoms with Crippen molar-refractivity contribution in [2.45, 2.75) is 25.7 Å². The average Bonchev–Trinajstić information content (AvgIpc) is 2.83. The molecule has 1 saturated heterocycles. The highest BCUT2D eigenvalue weighted by atomic mass is 16.2. The minimum absolute atomic E-state index is 0.0421. The highest BCUT2D eigenvalue weighted by Crippen LogP contribution is 2.11. The molecule has 1 aliphatic rings. The molecule has 5 nitrogen and oxygen atoms in total. The van der Waals surface area contributed by atoms with Gasteiger partial charge < -0.3 is 4.90 Å². The van der Waals surface area contributed by atoms with Gasteiger partial charge in [0.15, 0.2) is 5.78 Å². The van der Waals surface area contributed by atoms with Gasteiger partial charge in [0.05, 0.1) is 18.2 Å². The summed E-state index contributed by atoms with van der Waals surface area (Å²) < 4.78 is 0. The van der Waals surface area contributed by atoms with Crippen LogP contribution in [0.2, 0.25) is 0 Å². The number of Topliss-reactive ketones (excluding diaryl/α,β-unsaturated/α-hetero) is 1. The van der Waals surface area contributed by atoms with Crippen molar-refractivity contribution in [3.63, 3.8) is 0 Å². The summed E-state index contributed by atoms with van der Waals surface area (Å²) in [6.07, 6.45) is 6.20. The maximum atomic E-state index is 11.8. The number of piperidine rings is 1. The number of likely N-dealkylation sites (tertiary alicyclic amines) is 1. The van der Waals surface area contributed by atoms with Gasteiger partial charge in [-0.3, -0.25) is 14.7 Å². The maximum absolute atomic E-state index is 11.8. The first-order valence-electron chi connectivity index (χ1n) is 5.57. The van der Waals surface area contributed by atoms with E-state index in [1.165, 1.54) is 18.8 Å². The summed E-state index contributed by atoms with van der Waals surface area (Å²) in [5.74, 6) is -0.227. The molecular formula is C11H15N3O2. The zero-order valence-corrected chi connectivity index (χ0v) is 9.11. The van der Waals surface area contributed by atoms with Gasteiger partial charge in [0.2, 0.25) is 5.91 Å². The first kappa shape index (κ1) is 10.9. The zero-order chi connectivity index (χ0) is 11.4. The number of ketones is 1. The molecule has 0 aliphatic carbocycles. The van der Waals surface area contributed by atoms with E-state index in [9.17, 15) is 9.59 Å². The standard InChI is InChI=1S/C11H15N3O2/c15-10(9-7-12-13-8-9)6-11(16)14-4-2-1-3-5-14/h7-8H,1-6H2,(H,12,13). The van der Waals surface area contributed by atoms with E-state index in [0.29, 0.717) is 5.56 Å². The van der Waals surface area contributed by atoms with Crippen LogP contribution in [0.4, 0.5) is 0 Å². The van der Waals surface area contributed by atoms with Crippen LogP contribution in [0.3, 0.4) is 0 Å². The molecule has 86 valence electrons. The summed E-state index contributed by atoms with van der Waals surface area (Å²) in [5.41, 5.74) is 0.477. The van der Waals surface area contributed by atoms with E-state index in [1.54, 1.807) is 4.90 Å². The Kier molecular flexibility index (Phi) is 3.34. The lowest BCUT2D eigenvalue weighted by Gasteiger charge is -2.26. The van der Waals surface area contributed by atoms with Gasteiger partial charge in [-0.25, -0.2) is 0 Å². The highest BCUT2D eigenvalue weighted by Gasteiger charge is 2.20. The number of hydrogen-bond donors (Lipinski definition) is 1. The molecule has 1 aliphatic heterocycles. The summed E-state index contributed by atoms with van der Waals surface area (Å²) in [7, 11) is 0. The van der Waals surface area contributed by atoms with Crippen molar-refractivity contribution >= 4 is 11.7 Å². The van der Waals surface area contributed by atoms with Gasteiger partial charge in [0.25, 0.3) is 0 Å². The molecule has 1 amide bonds. The maximum Gasteiger partial charge on any atom is 0.230 e. The minimum Gasteiger partial charge on any atom is -0.342 e. The van der Waals surface area contributed by atoms with Crippen LogP contribution in [-0.4, -0.2) is 39.9 Å². The van der Waals surface area contributed by atoms with E-state index in [2.05, 4.69) is 10.2 Å². The van der Waals surface area contributed by atoms with Crippen LogP contribution in [0, 0.1) is 0 Å². The number of amides is 1. The van der Waals surface area contributed by atoms with Gasteiger partial charge in [0.1, 0.15) is 0 Å². The molecule has 5 heteroatoms. The smallest absolute Gasteiger partial charge is 0.230 e. The van der Waals surface area contributed by atoms with Gasteiger partial charge in [-0.05, 0) is 19.3 Å². The largest absolute Gasteiger partial charge is 0.342 e. The third-order valence-corrected chi connectivity index (χ3v) is 2.84. The molecule has 0 bridgehead atoms. The van der Waals surface area contributed by atoms with Crippen molar-refractivity contribution in [3.8, 4) is 0 Å². The van der Waals surface area contributed by atoms with E-state index < -0.39 is 0 Å². The fraction of sp³-hybridized carbons (Fsp3) is 0.545. The first-order chi connectivity index (χ1) is 7.77. The lowest BCUT2D eigenvalue weighted by molar-refractivity contribution is -0.131. The fourth-order valence-corrected chi connectivity index (χ4v) is 1.90. The molecule has 16 heavy (non-hydrogen) atoms. The lowest BCUT2D eigenvalue weighted by Crippen LogP contribution is -2.36. The van der Waals surface area contributed by atoms with E-state index in [0.717, 1.165) is 25.9 Å². The van der Waals surface area contributed by atoms with Crippen LogP contribution in [0.25, 0.3) is 0 Å². The number of carbonyl (C=O) groups excluding carboxylic acids is 2. The zero-order valence-electron chi connectivity index (χ0n) is 9.11. The van der Waals surface area contributed by atoms with Crippen molar-refractivity contribution in [1.29, 1.82) is 0 Å². The number of nitrogens with zero attached hydrogens (tertiary/aromatic N) is 2. The lowest BCUT2D eigenvalue weighted by atomic mass is 10.1. The Labute approximate surface area is 93.8 Å². The molecule has 1 fully saturated rings. The van der Waals surface area contributed by atoms with Gasteiger partial charge >= 0.3 is 0 Å². The SMILES string of the molecule is O=C(CC(=O)N1CCCCC1)c1cn[nH]c1. The average molecular weight is 221 g/mol. The summed E-state index contributed by atoms with van der Waals surface area (Å²) in [4.78, 5) is 25.2. The van der Waals surface area contributed by atoms with Crippen molar-refractivity contribution in [1.82, 2.24) is 15.1 Å². The Bertz CT molecular complexity index is 367. The fourth-order valence-electron chi connectivity index (χ4n) is 1.90. The van der Waals surface area contributed by atoms with Gasteiger partial charge in [-0.1, -0.05) is 0 Å². The first-order valence-corrected chi connectivity index (χ1v) is 5.57. The number of carbonyl (C=O) groups is 2. The molecule has 2 rings (SSSR count). The monoisotopic (exact) mass is 221 g/mol. The molecule has 0 unspecified atom stereocenters. The number of aromatic amines is 1. The second-order valence-electron chi connectivity index (χ2n) is 4.03. The van der Waals surface area contributed by atoms with Gasteiger partial charge in [-0.15, -0.1) is 0 Å². The number of rotatable bonds is 3. The third-order valence-electron chi connectivity index (χ3n) is 2.84. The molecule has 0 spiro atoms. The summed E-state index contributed by atoms with van der Waals surface area (Å²) >= 11 is 0. The van der Waals surface area contributed by atoms with Crippen molar-refractivity contribution in [2.75, 3.05) is 13.1 Å². The van der Waals surface area contributed by atoms with Crippen LogP contribution >= 0.6 is 0 Å². The Morgan fingerprint density at radius 2 is 2.06 bits per heavy atom. The third kappa shape index (κ3) is 2.48. The van der Waals surface area contributed by atoms with Crippen LogP contribution in [-0.2, 0) is 4.79 Å². The molecule has 1 aromatic heterocycles. The van der Waals surface area contributed by atoms with E-state index in [-0.39, 0.29) is 18.1 Å². The molecule has 0 atom stereocenters. The Morgan fingerprint density at radius 3 is 2.69 bits per heavy atom. The second-order valence-corrected chi connectivity index (χ2v) is 4.03. The van der Waals surface area contributed by atoms with Crippen molar-refractivity contribution < 1.29 is 9.59 Å². The van der Waals surface area contributed by atoms with Gasteiger partial charge in [0, 0.05) is 19.3 Å². The quantitative estimate of drug-likeness (QED) is 0.611. The predicted octanol–water partition coefficient (Wildman–Crippen LogP) is 0.995. The van der Waals surface area contributed by atoms with E-state index >= 15 is 0 Å². The minimum atomic E-state index is -0.163. The van der Waals surface area contributed by atoms with Crippen LogP contribution in [0.15, 0.2) is 12.4 Å². The molecule has 0 saturated carbocycles. The summed E-state index contributed by atoms with van der Waals surface area (Å²) in [6.45, 7) is 1.58. The molecule has 0 radical (unpaired) electrons. The van der Waals surface area contributed by atoms with E-state index in [1.807, 2.05) is 0 Å². The van der Waals surface area contributed by atoms with E-state index in [4.69, 9.17) is 0 Å². The van der Waals surface area contributed by atoms with Crippen molar-refractivity contribution in [2.24, 2.45) is 0 Å². The van der Waals surface area contributed by atoms with Gasteiger partial charge in [-0.2, -0.15) is 5.10 Å². The molecular weight excluding hydrogens is 206 g/mol. The molecule has 1 N–H and O–H groups in total. The topological polar surface area (TPSA) is 66.1 Å². The highest BCUT2D eigenvalue weighted by molar-refractivity contribution is 6.07. The molecule has 1 aromatic rings. The summed E-state index contributed by atoms with van der Waals surface area (Å²) in [5, 5.41) is 6.26. The Morgan fingerprint density at radius 1 is 1.31 bits per heavy atom. The Balaban J connectivity index is 1.89. The predicted molar refractivity (Wildman–Crippen MR) is 58.0 cm³/mol. The number of aromatic nitrogens is 2. The molecule has 2 heterocycles. The van der Waals surface area contributed by atoms with Crippen LogP contribution < -0.4 is 0 Å². The van der Waals surface area contributed by atoms with Crippen LogP contribution in [0.5, 0.6) is 0 Å². The number of H-pyrrole nitrogens is 1. The molecule has 0 aromatic carbocycles. The Hall–Kier alpha value is -1.65. The number of hydrogen-bond acceptors (Lipinski definition) is 3. The van der Waals surface area contributed by atoms with Crippen LogP contribution in [0.1, 0.15) is 36.0 Å². The summed E-state index contributed by atoms with van der Waals surface area (Å²) in [6, 6.07) is 0. The number of nitrogens with one attached hydrogen (secondary N) is 1.